The first-order valence-corrected chi connectivity index (χ1v) is 8.27. The molecular weight excluding hydrogens is 331 g/mol. The number of hydrogen-bond donors (Lipinski definition) is 1. The molecule has 0 aliphatic carbocycles. The predicted octanol–water partition coefficient (Wildman–Crippen LogP) is 2.23. The van der Waals surface area contributed by atoms with Crippen molar-refractivity contribution in [3.05, 3.63) is 56.2 Å². The third-order valence-corrected chi connectivity index (χ3v) is 4.53. The second-order valence-electron chi connectivity index (χ2n) is 6.23. The summed E-state index contributed by atoms with van der Waals surface area (Å²) in [5, 5.41) is 0.138. The fourth-order valence-electron chi connectivity index (χ4n) is 2.91. The molecule has 2 aromatic rings. The van der Waals surface area contributed by atoms with E-state index in [0.29, 0.717) is 18.9 Å². The van der Waals surface area contributed by atoms with Crippen LogP contribution in [0.15, 0.2) is 23.0 Å². The first kappa shape index (κ1) is 16.9. The Morgan fingerprint density at radius 3 is 2.79 bits per heavy atom. The number of hydrogen-bond acceptors (Lipinski definition) is 4. The van der Waals surface area contributed by atoms with E-state index in [9.17, 15) is 9.18 Å². The van der Waals surface area contributed by atoms with E-state index in [1.807, 2.05) is 14.1 Å². The number of fused-ring (bicyclic) bond motifs is 1. The average molecular weight is 351 g/mol. The zero-order valence-electron chi connectivity index (χ0n) is 13.8. The number of anilines is 1. The molecule has 1 aromatic carbocycles. The van der Waals surface area contributed by atoms with Crippen LogP contribution in [-0.4, -0.2) is 42.1 Å². The lowest BCUT2D eigenvalue weighted by atomic mass is 10.1. The van der Waals surface area contributed by atoms with Gasteiger partial charge in [0.1, 0.15) is 5.82 Å². The molecule has 0 unspecified atom stereocenters. The van der Waals surface area contributed by atoms with Crippen molar-refractivity contribution < 1.29 is 4.39 Å². The zero-order chi connectivity index (χ0) is 17.3. The second kappa shape index (κ2) is 6.91. The SMILES string of the molecule is CN(C)c1nc2c(c(=O)[nH]1)CCN(Cc1ccc(F)c(Cl)c1)CC2. The summed E-state index contributed by atoms with van der Waals surface area (Å²) in [6, 6.07) is 4.79. The third-order valence-electron chi connectivity index (χ3n) is 4.25. The van der Waals surface area contributed by atoms with E-state index >= 15 is 0 Å². The van der Waals surface area contributed by atoms with Gasteiger partial charge >= 0.3 is 0 Å². The summed E-state index contributed by atoms with van der Waals surface area (Å²) in [6.07, 6.45) is 1.37. The van der Waals surface area contributed by atoms with E-state index in [1.54, 1.807) is 17.0 Å². The first-order valence-electron chi connectivity index (χ1n) is 7.89. The van der Waals surface area contributed by atoms with Gasteiger partial charge in [0, 0.05) is 45.7 Å². The van der Waals surface area contributed by atoms with Gasteiger partial charge in [-0.3, -0.25) is 14.7 Å². The Balaban J connectivity index is 1.76. The topological polar surface area (TPSA) is 52.2 Å². The Kier molecular flexibility index (Phi) is 4.87. The summed E-state index contributed by atoms with van der Waals surface area (Å²) in [5.41, 5.74) is 2.53. The number of aromatic amines is 1. The Morgan fingerprint density at radius 1 is 1.33 bits per heavy atom. The molecule has 0 saturated heterocycles. The van der Waals surface area contributed by atoms with Crippen molar-refractivity contribution in [1.82, 2.24) is 14.9 Å². The van der Waals surface area contributed by atoms with Crippen molar-refractivity contribution in [1.29, 1.82) is 0 Å². The fraction of sp³-hybridized carbons (Fsp3) is 0.412. The van der Waals surface area contributed by atoms with Crippen molar-refractivity contribution in [2.45, 2.75) is 19.4 Å². The number of H-pyrrole nitrogens is 1. The van der Waals surface area contributed by atoms with E-state index in [1.165, 1.54) is 6.07 Å². The molecule has 0 radical (unpaired) electrons. The molecule has 128 valence electrons. The average Bonchev–Trinajstić information content (AvgIpc) is 2.74. The van der Waals surface area contributed by atoms with Crippen molar-refractivity contribution in [3.63, 3.8) is 0 Å². The molecule has 24 heavy (non-hydrogen) atoms. The highest BCUT2D eigenvalue weighted by Gasteiger charge is 2.19. The number of aromatic nitrogens is 2. The van der Waals surface area contributed by atoms with Gasteiger partial charge in [0.05, 0.1) is 10.7 Å². The molecule has 0 atom stereocenters. The Hall–Kier alpha value is -1.92. The zero-order valence-corrected chi connectivity index (χ0v) is 14.5. The monoisotopic (exact) mass is 350 g/mol. The molecule has 1 N–H and O–H groups in total. The van der Waals surface area contributed by atoms with E-state index < -0.39 is 5.82 Å². The van der Waals surface area contributed by atoms with Gasteiger partial charge in [0.15, 0.2) is 0 Å². The maximum atomic E-state index is 13.3. The van der Waals surface area contributed by atoms with Crippen LogP contribution in [0.1, 0.15) is 16.8 Å². The van der Waals surface area contributed by atoms with Gasteiger partial charge < -0.3 is 4.90 Å². The Bertz CT molecular complexity index is 806. The normalized spacial score (nSPS) is 15.0. The van der Waals surface area contributed by atoms with Gasteiger partial charge in [-0.25, -0.2) is 9.37 Å². The minimum absolute atomic E-state index is 0.0598. The highest BCUT2D eigenvalue weighted by Crippen LogP contribution is 2.19. The molecule has 0 amide bonds. The van der Waals surface area contributed by atoms with Crippen LogP contribution in [0.3, 0.4) is 0 Å². The van der Waals surface area contributed by atoms with Crippen LogP contribution in [-0.2, 0) is 19.4 Å². The van der Waals surface area contributed by atoms with Gasteiger partial charge in [0.25, 0.3) is 5.56 Å². The van der Waals surface area contributed by atoms with Crippen LogP contribution >= 0.6 is 11.6 Å². The molecule has 0 saturated carbocycles. The van der Waals surface area contributed by atoms with Crippen LogP contribution in [0.2, 0.25) is 5.02 Å². The van der Waals surface area contributed by atoms with Gasteiger partial charge in [-0.1, -0.05) is 17.7 Å². The number of nitrogens with zero attached hydrogens (tertiary/aromatic N) is 3. The lowest BCUT2D eigenvalue weighted by molar-refractivity contribution is 0.278. The number of halogens is 2. The molecule has 1 aromatic heterocycles. The number of benzene rings is 1. The molecular formula is C17H20ClFN4O. The third kappa shape index (κ3) is 3.60. The van der Waals surface area contributed by atoms with Crippen LogP contribution in [0.5, 0.6) is 0 Å². The summed E-state index contributed by atoms with van der Waals surface area (Å²) in [4.78, 5) is 23.7. The standard InChI is InChI=1S/C17H20ClFN4O/c1-22(2)17-20-15-6-8-23(7-5-12(15)16(24)21-17)10-11-3-4-14(19)13(18)9-11/h3-4,9H,5-8,10H2,1-2H3,(H,20,21,24). The minimum atomic E-state index is -0.407. The Morgan fingerprint density at radius 2 is 2.08 bits per heavy atom. The summed E-state index contributed by atoms with van der Waals surface area (Å²) >= 11 is 5.85. The molecule has 0 bridgehead atoms. The molecule has 7 heteroatoms. The van der Waals surface area contributed by atoms with Crippen LogP contribution < -0.4 is 10.5 Å². The van der Waals surface area contributed by atoms with Crippen molar-refractivity contribution >= 4 is 17.5 Å². The van der Waals surface area contributed by atoms with E-state index in [2.05, 4.69) is 14.9 Å². The molecule has 5 nitrogen and oxygen atoms in total. The highest BCUT2D eigenvalue weighted by atomic mass is 35.5. The van der Waals surface area contributed by atoms with Gasteiger partial charge in [-0.15, -0.1) is 0 Å². The van der Waals surface area contributed by atoms with Gasteiger partial charge in [-0.2, -0.15) is 0 Å². The van der Waals surface area contributed by atoms with E-state index in [0.717, 1.165) is 36.3 Å². The molecule has 1 aliphatic heterocycles. The van der Waals surface area contributed by atoms with E-state index in [4.69, 9.17) is 11.6 Å². The lowest BCUT2D eigenvalue weighted by Gasteiger charge is -2.19. The minimum Gasteiger partial charge on any atom is -0.348 e. The summed E-state index contributed by atoms with van der Waals surface area (Å²) in [7, 11) is 3.71. The maximum absolute atomic E-state index is 13.3. The summed E-state index contributed by atoms with van der Waals surface area (Å²) in [5.74, 6) is 0.174. The second-order valence-corrected chi connectivity index (χ2v) is 6.64. The predicted molar refractivity (Wildman–Crippen MR) is 93.3 cm³/mol. The number of nitrogens with one attached hydrogen (secondary N) is 1. The lowest BCUT2D eigenvalue weighted by Crippen LogP contribution is -2.26. The molecule has 0 fully saturated rings. The molecule has 3 rings (SSSR count). The smallest absolute Gasteiger partial charge is 0.255 e. The van der Waals surface area contributed by atoms with Gasteiger partial charge in [0.2, 0.25) is 5.95 Å². The van der Waals surface area contributed by atoms with Crippen LogP contribution in [0, 0.1) is 5.82 Å². The maximum Gasteiger partial charge on any atom is 0.255 e. The van der Waals surface area contributed by atoms with Crippen LogP contribution in [0.25, 0.3) is 0 Å². The largest absolute Gasteiger partial charge is 0.348 e. The van der Waals surface area contributed by atoms with Crippen molar-refractivity contribution in [2.75, 3.05) is 32.1 Å². The fourth-order valence-corrected chi connectivity index (χ4v) is 3.11. The van der Waals surface area contributed by atoms with Gasteiger partial charge in [-0.05, 0) is 24.1 Å². The highest BCUT2D eigenvalue weighted by molar-refractivity contribution is 6.30. The van der Waals surface area contributed by atoms with E-state index in [-0.39, 0.29) is 10.6 Å². The summed E-state index contributed by atoms with van der Waals surface area (Å²) < 4.78 is 13.3. The first-order chi connectivity index (χ1) is 11.4. The molecule has 0 spiro atoms. The van der Waals surface area contributed by atoms with Crippen molar-refractivity contribution in [2.24, 2.45) is 0 Å². The van der Waals surface area contributed by atoms with Crippen LogP contribution in [0.4, 0.5) is 10.3 Å². The summed E-state index contributed by atoms with van der Waals surface area (Å²) in [6.45, 7) is 2.23. The Labute approximate surface area is 145 Å². The van der Waals surface area contributed by atoms with Crippen molar-refractivity contribution in [3.8, 4) is 0 Å². The molecule has 1 aliphatic rings. The molecule has 2 heterocycles. The quantitative estimate of drug-likeness (QED) is 0.922. The number of rotatable bonds is 3.